The molecular formula is C20H25F2NO4. The van der Waals surface area contributed by atoms with Crippen LogP contribution in [-0.4, -0.2) is 30.3 Å². The molecule has 1 aromatic rings. The van der Waals surface area contributed by atoms with Gasteiger partial charge in [0.15, 0.2) is 11.5 Å². The maximum Gasteiger partial charge on any atom is 0.387 e. The van der Waals surface area contributed by atoms with Crippen LogP contribution in [0.15, 0.2) is 18.2 Å². The quantitative estimate of drug-likeness (QED) is 0.783. The van der Waals surface area contributed by atoms with Gasteiger partial charge >= 0.3 is 6.61 Å². The number of rotatable bonds is 6. The van der Waals surface area contributed by atoms with Crippen molar-refractivity contribution in [3.63, 3.8) is 0 Å². The Hall–Kier alpha value is -1.89. The van der Waals surface area contributed by atoms with Crippen LogP contribution in [0.1, 0.15) is 44.9 Å². The van der Waals surface area contributed by atoms with Crippen molar-refractivity contribution in [3.05, 3.63) is 18.2 Å². The van der Waals surface area contributed by atoms with E-state index in [1.807, 2.05) is 0 Å². The highest BCUT2D eigenvalue weighted by molar-refractivity contribution is 5.91. The van der Waals surface area contributed by atoms with Crippen molar-refractivity contribution in [1.82, 2.24) is 0 Å². The molecule has 0 heterocycles. The van der Waals surface area contributed by atoms with Gasteiger partial charge in [-0.3, -0.25) is 4.79 Å². The smallest absolute Gasteiger partial charge is 0.387 e. The Morgan fingerprint density at radius 2 is 1.96 bits per heavy atom. The van der Waals surface area contributed by atoms with Gasteiger partial charge in [0.25, 0.3) is 0 Å². The number of ether oxygens (including phenoxy) is 2. The van der Waals surface area contributed by atoms with Gasteiger partial charge in [-0.25, -0.2) is 0 Å². The van der Waals surface area contributed by atoms with E-state index in [2.05, 4.69) is 10.1 Å². The summed E-state index contributed by atoms with van der Waals surface area (Å²) in [5.74, 6) is 0.923. The van der Waals surface area contributed by atoms with Gasteiger partial charge in [0.05, 0.1) is 12.7 Å². The summed E-state index contributed by atoms with van der Waals surface area (Å²) in [7, 11) is 1.36. The van der Waals surface area contributed by atoms with E-state index in [4.69, 9.17) is 4.74 Å². The molecule has 4 fully saturated rings. The van der Waals surface area contributed by atoms with Crippen LogP contribution in [-0.2, 0) is 4.79 Å². The Labute approximate surface area is 157 Å². The van der Waals surface area contributed by atoms with Crippen LogP contribution in [0.5, 0.6) is 11.5 Å². The number of anilines is 1. The molecular weight excluding hydrogens is 356 g/mol. The van der Waals surface area contributed by atoms with E-state index >= 15 is 0 Å². The van der Waals surface area contributed by atoms with E-state index in [-0.39, 0.29) is 22.8 Å². The fourth-order valence-electron chi connectivity index (χ4n) is 6.10. The average Bonchev–Trinajstić information content (AvgIpc) is 2.51. The van der Waals surface area contributed by atoms with Gasteiger partial charge < -0.3 is 19.9 Å². The molecule has 27 heavy (non-hydrogen) atoms. The summed E-state index contributed by atoms with van der Waals surface area (Å²) in [5.41, 5.74) is -0.361. The summed E-state index contributed by atoms with van der Waals surface area (Å²) >= 11 is 0. The molecule has 4 aliphatic rings. The van der Waals surface area contributed by atoms with E-state index < -0.39 is 12.2 Å². The first-order valence-corrected chi connectivity index (χ1v) is 9.43. The molecule has 1 aromatic carbocycles. The number of amides is 1. The highest BCUT2D eigenvalue weighted by Crippen LogP contribution is 2.62. The first-order chi connectivity index (χ1) is 12.8. The lowest BCUT2D eigenvalue weighted by molar-refractivity contribution is -0.167. The van der Waals surface area contributed by atoms with E-state index in [9.17, 15) is 18.7 Å². The summed E-state index contributed by atoms with van der Waals surface area (Å²) in [4.78, 5) is 12.7. The molecule has 0 aromatic heterocycles. The van der Waals surface area contributed by atoms with Crippen LogP contribution >= 0.6 is 0 Å². The second-order valence-corrected chi connectivity index (χ2v) is 8.65. The molecule has 7 heteroatoms. The predicted molar refractivity (Wildman–Crippen MR) is 94.9 cm³/mol. The van der Waals surface area contributed by atoms with Crippen molar-refractivity contribution in [2.45, 2.75) is 57.2 Å². The Bertz CT molecular complexity index is 725. The summed E-state index contributed by atoms with van der Waals surface area (Å²) in [6.07, 6.45) is 5.89. The number of carbonyl (C=O) groups is 1. The number of benzene rings is 1. The molecule has 2 N–H and O–H groups in total. The zero-order valence-electron chi connectivity index (χ0n) is 15.3. The summed E-state index contributed by atoms with van der Waals surface area (Å²) in [5, 5.41) is 13.6. The van der Waals surface area contributed by atoms with Crippen LogP contribution in [0.3, 0.4) is 0 Å². The largest absolute Gasteiger partial charge is 0.493 e. The first-order valence-electron chi connectivity index (χ1n) is 9.43. The van der Waals surface area contributed by atoms with Gasteiger partial charge in [0.1, 0.15) is 0 Å². The molecule has 2 atom stereocenters. The van der Waals surface area contributed by atoms with Crippen LogP contribution in [0.2, 0.25) is 0 Å². The lowest BCUT2D eigenvalue weighted by atomic mass is 9.47. The molecule has 148 valence electrons. The molecule has 4 saturated carbocycles. The molecule has 5 rings (SSSR count). The predicted octanol–water partition coefficient (Wildman–Crippen LogP) is 3.96. The van der Waals surface area contributed by atoms with Crippen LogP contribution in [0, 0.1) is 17.3 Å². The number of nitrogens with one attached hydrogen (secondary N) is 1. The Kier molecular flexibility index (Phi) is 4.53. The number of aliphatic hydroxyl groups is 1. The van der Waals surface area contributed by atoms with Gasteiger partial charge in [-0.15, -0.1) is 0 Å². The maximum absolute atomic E-state index is 12.7. The van der Waals surface area contributed by atoms with Crippen molar-refractivity contribution in [3.8, 4) is 11.5 Å². The molecule has 2 unspecified atom stereocenters. The van der Waals surface area contributed by atoms with Gasteiger partial charge in [-0.05, 0) is 67.9 Å². The monoisotopic (exact) mass is 381 g/mol. The summed E-state index contributed by atoms with van der Waals surface area (Å²) in [6.45, 7) is -2.97. The first kappa shape index (κ1) is 18.5. The zero-order valence-corrected chi connectivity index (χ0v) is 15.3. The number of hydrogen-bond donors (Lipinski definition) is 2. The number of alkyl halides is 2. The van der Waals surface area contributed by atoms with Crippen LogP contribution < -0.4 is 14.8 Å². The van der Waals surface area contributed by atoms with Crippen LogP contribution in [0.4, 0.5) is 14.5 Å². The topological polar surface area (TPSA) is 67.8 Å². The molecule has 0 spiro atoms. The zero-order chi connectivity index (χ0) is 19.2. The van der Waals surface area contributed by atoms with Crippen molar-refractivity contribution in [2.75, 3.05) is 12.4 Å². The standard InChI is InChI=1S/C20H25F2NO4/c1-26-15-3-2-14(5-16(15)27-18(21)22)23-17(24)10-19-6-12-4-13(7-19)9-20(25,8-12)11-19/h2-3,5,12-13,18,25H,4,6-11H2,1H3,(H,23,24). The molecule has 1 amide bonds. The van der Waals surface area contributed by atoms with Gasteiger partial charge in [0.2, 0.25) is 5.91 Å². The average molecular weight is 381 g/mol. The van der Waals surface area contributed by atoms with Gasteiger partial charge in [0, 0.05) is 18.2 Å². The Balaban J connectivity index is 1.45. The van der Waals surface area contributed by atoms with E-state index in [0.717, 1.165) is 25.7 Å². The van der Waals surface area contributed by atoms with Crippen molar-refractivity contribution in [1.29, 1.82) is 0 Å². The second-order valence-electron chi connectivity index (χ2n) is 8.65. The third kappa shape index (κ3) is 3.74. The lowest BCUT2D eigenvalue weighted by Crippen LogP contribution is -2.56. The lowest BCUT2D eigenvalue weighted by Gasteiger charge is -2.60. The Morgan fingerprint density at radius 1 is 1.26 bits per heavy atom. The molecule has 4 bridgehead atoms. The van der Waals surface area contributed by atoms with E-state index in [1.54, 1.807) is 6.07 Å². The third-order valence-corrected chi connectivity index (χ3v) is 6.35. The summed E-state index contributed by atoms with van der Waals surface area (Å²) in [6, 6.07) is 4.43. The summed E-state index contributed by atoms with van der Waals surface area (Å²) < 4.78 is 34.6. The van der Waals surface area contributed by atoms with Crippen molar-refractivity contribution in [2.24, 2.45) is 17.3 Å². The number of carbonyl (C=O) groups excluding carboxylic acids is 1. The minimum atomic E-state index is -2.97. The normalized spacial score (nSPS) is 34.0. The highest BCUT2D eigenvalue weighted by Gasteiger charge is 2.57. The fourth-order valence-corrected chi connectivity index (χ4v) is 6.10. The highest BCUT2D eigenvalue weighted by atomic mass is 19.3. The van der Waals surface area contributed by atoms with Crippen LogP contribution in [0.25, 0.3) is 0 Å². The van der Waals surface area contributed by atoms with Gasteiger partial charge in [-0.1, -0.05) is 0 Å². The third-order valence-electron chi connectivity index (χ3n) is 6.35. The maximum atomic E-state index is 12.7. The van der Waals surface area contributed by atoms with Crippen molar-refractivity contribution >= 4 is 11.6 Å². The molecule has 0 saturated heterocycles. The minimum absolute atomic E-state index is 0.116. The number of halogens is 2. The van der Waals surface area contributed by atoms with E-state index in [0.29, 0.717) is 30.4 Å². The second kappa shape index (κ2) is 6.62. The van der Waals surface area contributed by atoms with Gasteiger partial charge in [-0.2, -0.15) is 8.78 Å². The Morgan fingerprint density at radius 3 is 2.56 bits per heavy atom. The van der Waals surface area contributed by atoms with E-state index in [1.165, 1.54) is 25.7 Å². The molecule has 5 nitrogen and oxygen atoms in total. The molecule has 0 radical (unpaired) electrons. The molecule has 0 aliphatic heterocycles. The minimum Gasteiger partial charge on any atom is -0.493 e. The SMILES string of the molecule is COc1ccc(NC(=O)CC23CC4CC(CC(O)(C4)C2)C3)cc1OC(F)F. The number of methoxy groups -OCH3 is 1. The number of hydrogen-bond acceptors (Lipinski definition) is 4. The molecule has 4 aliphatic carbocycles. The fraction of sp³-hybridized carbons (Fsp3) is 0.650. The van der Waals surface area contributed by atoms with Crippen molar-refractivity contribution < 1.29 is 28.2 Å².